The highest BCUT2D eigenvalue weighted by molar-refractivity contribution is 14.1. The molecule has 1 N–H and O–H groups in total. The van der Waals surface area contributed by atoms with Crippen LogP contribution in [0.15, 0.2) is 36.4 Å². The molecular formula is C20H24INO4. The Morgan fingerprint density at radius 2 is 1.58 bits per heavy atom. The van der Waals surface area contributed by atoms with Crippen LogP contribution in [-0.4, -0.2) is 26.2 Å². The molecule has 1 atom stereocenters. The van der Waals surface area contributed by atoms with E-state index in [0.29, 0.717) is 17.1 Å². The Hall–Kier alpha value is -1.96. The summed E-state index contributed by atoms with van der Waals surface area (Å²) in [5.74, 6) is 1.78. The van der Waals surface area contributed by atoms with E-state index in [1.165, 1.54) is 0 Å². The van der Waals surface area contributed by atoms with Gasteiger partial charge in [-0.3, -0.25) is 4.79 Å². The van der Waals surface area contributed by atoms with Crippen LogP contribution in [0, 0.1) is 3.57 Å². The summed E-state index contributed by atoms with van der Waals surface area (Å²) < 4.78 is 17.0. The van der Waals surface area contributed by atoms with Gasteiger partial charge < -0.3 is 19.5 Å². The fourth-order valence-electron chi connectivity index (χ4n) is 2.49. The average molecular weight is 469 g/mol. The van der Waals surface area contributed by atoms with Gasteiger partial charge in [0.2, 0.25) is 0 Å². The number of hydrogen-bond donors (Lipinski definition) is 1. The lowest BCUT2D eigenvalue weighted by atomic mass is 10.1. The Balaban J connectivity index is 2.14. The Kier molecular flexibility index (Phi) is 7.14. The molecule has 0 spiro atoms. The minimum absolute atomic E-state index is 0.130. The normalized spacial score (nSPS) is 11.8. The van der Waals surface area contributed by atoms with Crippen LogP contribution in [0.3, 0.4) is 0 Å². The van der Waals surface area contributed by atoms with Crippen LogP contribution in [0.1, 0.15) is 42.7 Å². The zero-order chi connectivity index (χ0) is 19.3. The molecule has 2 aromatic carbocycles. The number of ether oxygens (including phenoxy) is 3. The first-order valence-corrected chi connectivity index (χ1v) is 9.42. The van der Waals surface area contributed by atoms with Gasteiger partial charge in [0.15, 0.2) is 11.5 Å². The third-order valence-corrected chi connectivity index (χ3v) is 4.71. The molecule has 0 fully saturated rings. The second kappa shape index (κ2) is 9.12. The predicted molar refractivity (Wildman–Crippen MR) is 110 cm³/mol. The summed E-state index contributed by atoms with van der Waals surface area (Å²) in [5, 5.41) is 3.02. The number of amides is 1. The van der Waals surface area contributed by atoms with Gasteiger partial charge in [-0.15, -0.1) is 0 Å². The van der Waals surface area contributed by atoms with Crippen molar-refractivity contribution >= 4 is 28.5 Å². The quantitative estimate of drug-likeness (QED) is 0.603. The molecule has 0 saturated carbocycles. The van der Waals surface area contributed by atoms with Gasteiger partial charge in [-0.25, -0.2) is 0 Å². The zero-order valence-corrected chi connectivity index (χ0v) is 17.8. The lowest BCUT2D eigenvalue weighted by molar-refractivity contribution is 0.0938. The summed E-state index contributed by atoms with van der Waals surface area (Å²) >= 11 is 2.12. The zero-order valence-electron chi connectivity index (χ0n) is 15.6. The van der Waals surface area contributed by atoms with Gasteiger partial charge in [-0.1, -0.05) is 12.1 Å². The molecular weight excluding hydrogens is 445 g/mol. The predicted octanol–water partition coefficient (Wildman–Crippen LogP) is 4.59. The molecule has 5 nitrogen and oxygen atoms in total. The summed E-state index contributed by atoms with van der Waals surface area (Å²) in [5.41, 5.74) is 1.56. The summed E-state index contributed by atoms with van der Waals surface area (Å²) in [6.45, 7) is 5.92. The van der Waals surface area contributed by atoms with E-state index in [2.05, 4.69) is 27.9 Å². The van der Waals surface area contributed by atoms with Gasteiger partial charge in [-0.05, 0) is 73.2 Å². The van der Waals surface area contributed by atoms with Crippen molar-refractivity contribution in [1.82, 2.24) is 5.32 Å². The molecule has 0 bridgehead atoms. The Bertz CT molecular complexity index is 759. The van der Waals surface area contributed by atoms with Gasteiger partial charge in [0.1, 0.15) is 5.75 Å². The van der Waals surface area contributed by atoms with Crippen LogP contribution in [-0.2, 0) is 0 Å². The molecule has 6 heteroatoms. The fourth-order valence-corrected chi connectivity index (χ4v) is 3.18. The van der Waals surface area contributed by atoms with Gasteiger partial charge in [0, 0.05) is 3.57 Å². The Morgan fingerprint density at radius 3 is 2.12 bits per heavy atom. The smallest absolute Gasteiger partial charge is 0.252 e. The average Bonchev–Trinajstić information content (AvgIpc) is 2.61. The SMILES string of the molecule is COc1cc(I)c(C(=O)NC(C)c2ccc(OC(C)C)cc2)cc1OC. The number of hydrogen-bond acceptors (Lipinski definition) is 4. The van der Waals surface area contributed by atoms with Crippen LogP contribution >= 0.6 is 22.6 Å². The second-order valence-corrected chi connectivity index (χ2v) is 7.28. The summed E-state index contributed by atoms with van der Waals surface area (Å²) in [4.78, 5) is 12.7. The number of carbonyl (C=O) groups excluding carboxylic acids is 1. The van der Waals surface area contributed by atoms with Crippen LogP contribution in [0.5, 0.6) is 17.2 Å². The first-order valence-electron chi connectivity index (χ1n) is 8.34. The van der Waals surface area contributed by atoms with Crippen LogP contribution in [0.4, 0.5) is 0 Å². The Labute approximate surface area is 168 Å². The molecule has 0 radical (unpaired) electrons. The molecule has 0 saturated heterocycles. The maximum Gasteiger partial charge on any atom is 0.252 e. The van der Waals surface area contributed by atoms with E-state index in [-0.39, 0.29) is 18.1 Å². The monoisotopic (exact) mass is 469 g/mol. The Morgan fingerprint density at radius 1 is 1.00 bits per heavy atom. The van der Waals surface area contributed by atoms with Gasteiger partial charge >= 0.3 is 0 Å². The number of carbonyl (C=O) groups is 1. The highest BCUT2D eigenvalue weighted by atomic mass is 127. The molecule has 0 aliphatic carbocycles. The van der Waals surface area contributed by atoms with Crippen molar-refractivity contribution in [2.75, 3.05) is 14.2 Å². The third-order valence-electron chi connectivity index (χ3n) is 3.82. The van der Waals surface area contributed by atoms with Gasteiger partial charge in [0.25, 0.3) is 5.91 Å². The van der Waals surface area contributed by atoms with Gasteiger partial charge in [0.05, 0.1) is 31.9 Å². The maximum atomic E-state index is 12.7. The van der Waals surface area contributed by atoms with Crippen LogP contribution in [0.25, 0.3) is 0 Å². The topological polar surface area (TPSA) is 56.8 Å². The van der Waals surface area contributed by atoms with Gasteiger partial charge in [-0.2, -0.15) is 0 Å². The molecule has 0 heterocycles. The van der Waals surface area contributed by atoms with Crippen LogP contribution < -0.4 is 19.5 Å². The van der Waals surface area contributed by atoms with E-state index < -0.39 is 0 Å². The maximum absolute atomic E-state index is 12.7. The van der Waals surface area contributed by atoms with Crippen LogP contribution in [0.2, 0.25) is 0 Å². The highest BCUT2D eigenvalue weighted by Crippen LogP contribution is 2.31. The lowest BCUT2D eigenvalue weighted by Gasteiger charge is -2.17. The number of rotatable bonds is 7. The van der Waals surface area contributed by atoms with Crippen molar-refractivity contribution in [3.63, 3.8) is 0 Å². The lowest BCUT2D eigenvalue weighted by Crippen LogP contribution is -2.27. The summed E-state index contributed by atoms with van der Waals surface area (Å²) in [6.07, 6.45) is 0.130. The number of benzene rings is 2. The minimum atomic E-state index is -0.162. The van der Waals surface area contributed by atoms with Crippen molar-refractivity contribution in [3.8, 4) is 17.2 Å². The van der Waals surface area contributed by atoms with E-state index >= 15 is 0 Å². The molecule has 1 amide bonds. The molecule has 0 aliphatic heterocycles. The van der Waals surface area contributed by atoms with E-state index in [1.54, 1.807) is 26.4 Å². The second-order valence-electron chi connectivity index (χ2n) is 6.12. The minimum Gasteiger partial charge on any atom is -0.493 e. The molecule has 0 aliphatic rings. The van der Waals surface area contributed by atoms with Crippen molar-refractivity contribution in [2.45, 2.75) is 32.9 Å². The number of methoxy groups -OCH3 is 2. The fraction of sp³-hybridized carbons (Fsp3) is 0.350. The molecule has 2 aromatic rings. The molecule has 26 heavy (non-hydrogen) atoms. The van der Waals surface area contributed by atoms with Crippen molar-refractivity contribution in [1.29, 1.82) is 0 Å². The molecule has 1 unspecified atom stereocenters. The first-order chi connectivity index (χ1) is 12.3. The van der Waals surface area contributed by atoms with E-state index in [4.69, 9.17) is 14.2 Å². The third kappa shape index (κ3) is 5.03. The first kappa shape index (κ1) is 20.4. The number of nitrogens with one attached hydrogen (secondary N) is 1. The molecule has 2 rings (SSSR count). The van der Waals surface area contributed by atoms with Crippen molar-refractivity contribution in [3.05, 3.63) is 51.1 Å². The van der Waals surface area contributed by atoms with E-state index in [1.807, 2.05) is 45.0 Å². The largest absolute Gasteiger partial charge is 0.493 e. The van der Waals surface area contributed by atoms with Crippen molar-refractivity contribution < 1.29 is 19.0 Å². The summed E-state index contributed by atoms with van der Waals surface area (Å²) in [6, 6.07) is 11.1. The number of halogens is 1. The van der Waals surface area contributed by atoms with E-state index in [9.17, 15) is 4.79 Å². The molecule has 140 valence electrons. The van der Waals surface area contributed by atoms with Crippen molar-refractivity contribution in [2.24, 2.45) is 0 Å². The highest BCUT2D eigenvalue weighted by Gasteiger charge is 2.18. The summed E-state index contributed by atoms with van der Waals surface area (Å²) in [7, 11) is 3.12. The molecule has 0 aromatic heterocycles. The standard InChI is InChI=1S/C20H24INO4/c1-12(2)26-15-8-6-14(7-9-15)13(3)22-20(23)16-10-18(24-4)19(25-5)11-17(16)21/h6-13H,1-5H3,(H,22,23). The van der Waals surface area contributed by atoms with E-state index in [0.717, 1.165) is 14.9 Å².